The Hall–Kier alpha value is -3.41. The number of aryl methyl sites for hydroxylation is 1. The van der Waals surface area contributed by atoms with Gasteiger partial charge in [-0.1, -0.05) is 48.5 Å². The molecule has 0 bridgehead atoms. The molecule has 1 aromatic heterocycles. The summed E-state index contributed by atoms with van der Waals surface area (Å²) in [5.74, 6) is -0.0974. The number of rotatable bonds is 7. The average molecular weight is 373 g/mol. The monoisotopic (exact) mass is 373 g/mol. The van der Waals surface area contributed by atoms with Crippen LogP contribution >= 0.6 is 0 Å². The van der Waals surface area contributed by atoms with E-state index in [-0.39, 0.29) is 11.9 Å². The highest BCUT2D eigenvalue weighted by Gasteiger charge is 2.32. The van der Waals surface area contributed by atoms with Gasteiger partial charge in [-0.15, -0.1) is 0 Å². The number of carbonyl (C=O) groups excluding carboxylic acids is 1. The van der Waals surface area contributed by atoms with Gasteiger partial charge in [0.05, 0.1) is 11.7 Å². The van der Waals surface area contributed by atoms with E-state index < -0.39 is 0 Å². The zero-order chi connectivity index (χ0) is 19.2. The van der Waals surface area contributed by atoms with E-state index in [4.69, 9.17) is 0 Å². The van der Waals surface area contributed by atoms with E-state index in [0.717, 1.165) is 24.2 Å². The molecule has 0 saturated heterocycles. The molecule has 1 aliphatic rings. The Morgan fingerprint density at radius 1 is 1.04 bits per heavy atom. The van der Waals surface area contributed by atoms with Crippen LogP contribution in [0.15, 0.2) is 84.2 Å². The van der Waals surface area contributed by atoms with Gasteiger partial charge in [-0.3, -0.25) is 14.5 Å². The van der Waals surface area contributed by atoms with Gasteiger partial charge in [0.15, 0.2) is 0 Å². The lowest BCUT2D eigenvalue weighted by molar-refractivity contribution is -0.114. The van der Waals surface area contributed by atoms with Crippen LogP contribution in [0.4, 0.5) is 5.69 Å². The second kappa shape index (κ2) is 8.52. The van der Waals surface area contributed by atoms with E-state index in [1.165, 1.54) is 0 Å². The maximum atomic E-state index is 12.7. The minimum Gasteiger partial charge on any atom is -0.351 e. The van der Waals surface area contributed by atoms with Crippen molar-refractivity contribution in [1.29, 1.82) is 0 Å². The van der Waals surface area contributed by atoms with E-state index in [2.05, 4.69) is 27.6 Å². The SMILES string of the molecule is O=C(NCCCn1cccn1)C1=NN(c2ccccc2)[C@H](c2ccccc2)C1. The van der Waals surface area contributed by atoms with Gasteiger partial charge in [0.25, 0.3) is 5.91 Å². The normalized spacial score (nSPS) is 16.1. The van der Waals surface area contributed by atoms with Crippen molar-refractivity contribution in [2.24, 2.45) is 5.10 Å². The summed E-state index contributed by atoms with van der Waals surface area (Å²) in [6.07, 6.45) is 5.09. The van der Waals surface area contributed by atoms with Crippen LogP contribution in [0.5, 0.6) is 0 Å². The molecule has 0 radical (unpaired) electrons. The standard InChI is InChI=1S/C22H23N5O/c28-22(23-13-7-15-26-16-8-14-24-26)20-17-21(18-9-3-1-4-10-18)27(25-20)19-11-5-2-6-12-19/h1-6,8-12,14,16,21H,7,13,15,17H2,(H,23,28)/t21-/m0/s1. The van der Waals surface area contributed by atoms with E-state index in [1.807, 2.05) is 70.5 Å². The average Bonchev–Trinajstić information content (AvgIpc) is 3.42. The number of hydrogen-bond acceptors (Lipinski definition) is 4. The molecule has 1 amide bonds. The van der Waals surface area contributed by atoms with Crippen LogP contribution < -0.4 is 10.3 Å². The van der Waals surface area contributed by atoms with E-state index in [9.17, 15) is 4.79 Å². The van der Waals surface area contributed by atoms with Gasteiger partial charge in [0.2, 0.25) is 0 Å². The Morgan fingerprint density at radius 3 is 2.50 bits per heavy atom. The predicted molar refractivity (Wildman–Crippen MR) is 110 cm³/mol. The predicted octanol–water partition coefficient (Wildman–Crippen LogP) is 3.40. The summed E-state index contributed by atoms with van der Waals surface area (Å²) in [6, 6.07) is 22.1. The van der Waals surface area contributed by atoms with Crippen LogP contribution in [0.3, 0.4) is 0 Å². The first-order chi connectivity index (χ1) is 13.8. The highest BCUT2D eigenvalue weighted by Crippen LogP contribution is 2.34. The fourth-order valence-corrected chi connectivity index (χ4v) is 3.38. The molecular formula is C22H23N5O. The second-order valence-corrected chi connectivity index (χ2v) is 6.74. The molecule has 1 N–H and O–H groups in total. The number of anilines is 1. The fourth-order valence-electron chi connectivity index (χ4n) is 3.38. The Balaban J connectivity index is 1.43. The highest BCUT2D eigenvalue weighted by atomic mass is 16.2. The molecule has 0 unspecified atom stereocenters. The number of nitrogens with zero attached hydrogens (tertiary/aromatic N) is 4. The second-order valence-electron chi connectivity index (χ2n) is 6.74. The molecule has 3 aromatic rings. The summed E-state index contributed by atoms with van der Waals surface area (Å²) < 4.78 is 1.86. The molecule has 0 aliphatic carbocycles. The molecule has 6 nitrogen and oxygen atoms in total. The lowest BCUT2D eigenvalue weighted by Crippen LogP contribution is -2.31. The quantitative estimate of drug-likeness (QED) is 0.646. The van der Waals surface area contributed by atoms with Crippen LogP contribution in [0.2, 0.25) is 0 Å². The number of para-hydroxylation sites is 1. The summed E-state index contributed by atoms with van der Waals surface area (Å²) >= 11 is 0. The highest BCUT2D eigenvalue weighted by molar-refractivity contribution is 6.39. The molecule has 0 fully saturated rings. The molecule has 1 atom stereocenters. The van der Waals surface area contributed by atoms with Crippen molar-refractivity contribution in [3.8, 4) is 0 Å². The number of hydrogen-bond donors (Lipinski definition) is 1. The molecule has 28 heavy (non-hydrogen) atoms. The van der Waals surface area contributed by atoms with Crippen LogP contribution in [-0.2, 0) is 11.3 Å². The van der Waals surface area contributed by atoms with Crippen molar-refractivity contribution in [3.63, 3.8) is 0 Å². The maximum absolute atomic E-state index is 12.7. The zero-order valence-corrected chi connectivity index (χ0v) is 15.6. The third kappa shape index (κ3) is 4.11. The van der Waals surface area contributed by atoms with Crippen molar-refractivity contribution >= 4 is 17.3 Å². The largest absolute Gasteiger partial charge is 0.351 e. The topological polar surface area (TPSA) is 62.5 Å². The summed E-state index contributed by atoms with van der Waals surface area (Å²) in [5, 5.41) is 13.8. The van der Waals surface area contributed by atoms with Crippen molar-refractivity contribution in [3.05, 3.63) is 84.7 Å². The number of hydrazone groups is 1. The van der Waals surface area contributed by atoms with Gasteiger partial charge in [-0.05, 0) is 30.2 Å². The van der Waals surface area contributed by atoms with Crippen LogP contribution in [0.1, 0.15) is 24.4 Å². The molecule has 0 spiro atoms. The summed E-state index contributed by atoms with van der Waals surface area (Å²) in [5.41, 5.74) is 2.70. The van der Waals surface area contributed by atoms with Crippen LogP contribution in [0.25, 0.3) is 0 Å². The molecule has 1 aliphatic heterocycles. The molecule has 2 heterocycles. The third-order valence-electron chi connectivity index (χ3n) is 4.79. The smallest absolute Gasteiger partial charge is 0.267 e. The number of aromatic nitrogens is 2. The Bertz CT molecular complexity index is 922. The summed E-state index contributed by atoms with van der Waals surface area (Å²) in [4.78, 5) is 12.7. The molecule has 2 aromatic carbocycles. The van der Waals surface area contributed by atoms with E-state index >= 15 is 0 Å². The minimum atomic E-state index is -0.0974. The first-order valence-electron chi connectivity index (χ1n) is 9.53. The Morgan fingerprint density at radius 2 is 1.79 bits per heavy atom. The maximum Gasteiger partial charge on any atom is 0.267 e. The van der Waals surface area contributed by atoms with Gasteiger partial charge >= 0.3 is 0 Å². The first kappa shape index (κ1) is 18.0. The van der Waals surface area contributed by atoms with Crippen molar-refractivity contribution < 1.29 is 4.79 Å². The van der Waals surface area contributed by atoms with Crippen LogP contribution in [0, 0.1) is 0 Å². The fraction of sp³-hybridized carbons (Fsp3) is 0.227. The Labute approximate surface area is 164 Å². The number of amides is 1. The van der Waals surface area contributed by atoms with Gasteiger partial charge in [-0.2, -0.15) is 10.2 Å². The van der Waals surface area contributed by atoms with Crippen molar-refractivity contribution in [1.82, 2.24) is 15.1 Å². The molecule has 142 valence electrons. The zero-order valence-electron chi connectivity index (χ0n) is 15.6. The van der Waals surface area contributed by atoms with Gasteiger partial charge in [-0.25, -0.2) is 0 Å². The number of benzene rings is 2. The van der Waals surface area contributed by atoms with Gasteiger partial charge < -0.3 is 5.32 Å². The third-order valence-corrected chi connectivity index (χ3v) is 4.79. The first-order valence-corrected chi connectivity index (χ1v) is 9.53. The van der Waals surface area contributed by atoms with Crippen LogP contribution in [-0.4, -0.2) is 27.9 Å². The van der Waals surface area contributed by atoms with Crippen molar-refractivity contribution in [2.75, 3.05) is 11.6 Å². The summed E-state index contributed by atoms with van der Waals surface area (Å²) in [6.45, 7) is 1.38. The Kier molecular flexibility index (Phi) is 5.47. The molecule has 0 saturated carbocycles. The van der Waals surface area contributed by atoms with Crippen molar-refractivity contribution in [2.45, 2.75) is 25.4 Å². The molecule has 6 heteroatoms. The number of carbonyl (C=O) groups is 1. The minimum absolute atomic E-state index is 0.0217. The van der Waals surface area contributed by atoms with E-state index in [1.54, 1.807) is 6.20 Å². The lowest BCUT2D eigenvalue weighted by Gasteiger charge is -2.23. The van der Waals surface area contributed by atoms with Gasteiger partial charge in [0.1, 0.15) is 5.71 Å². The summed E-state index contributed by atoms with van der Waals surface area (Å²) in [7, 11) is 0. The lowest BCUT2D eigenvalue weighted by atomic mass is 10.0. The van der Waals surface area contributed by atoms with E-state index in [0.29, 0.717) is 18.7 Å². The molecule has 4 rings (SSSR count). The number of nitrogens with one attached hydrogen (secondary N) is 1. The molecular weight excluding hydrogens is 350 g/mol. The van der Waals surface area contributed by atoms with Gasteiger partial charge in [0, 0.05) is 31.9 Å².